The number of rotatable bonds is 2. The van der Waals surface area contributed by atoms with Gasteiger partial charge in [0.25, 0.3) is 5.91 Å². The summed E-state index contributed by atoms with van der Waals surface area (Å²) < 4.78 is 0. The van der Waals surface area contributed by atoms with Crippen molar-refractivity contribution in [3.05, 3.63) is 18.0 Å². The molecule has 0 unspecified atom stereocenters. The average Bonchev–Trinajstić information content (AvgIpc) is 2.70. The van der Waals surface area contributed by atoms with Crippen molar-refractivity contribution >= 4 is 5.91 Å². The van der Waals surface area contributed by atoms with Gasteiger partial charge >= 0.3 is 0 Å². The number of aromatic amines is 1. The molecule has 3 N–H and O–H groups in total. The summed E-state index contributed by atoms with van der Waals surface area (Å²) in [5, 5.41) is 12.8. The highest BCUT2D eigenvalue weighted by Gasteiger charge is 2.28. The first-order valence-corrected chi connectivity index (χ1v) is 5.22. The fourth-order valence-corrected chi connectivity index (χ4v) is 1.83. The minimum absolute atomic E-state index is 0.0723. The van der Waals surface area contributed by atoms with Gasteiger partial charge in [-0.1, -0.05) is 0 Å². The Morgan fingerprint density at radius 2 is 2.27 bits per heavy atom. The molecule has 82 valence electrons. The standard InChI is InChI=1S/C10H16N4O/c1-10(3-6-11-7-4-10)13-9(15)8-2-5-12-14-8/h2,5,11H,3-4,6-7H2,1H3,(H,12,14)(H,13,15). The number of piperidine rings is 1. The lowest BCUT2D eigenvalue weighted by Gasteiger charge is -2.34. The van der Waals surface area contributed by atoms with Gasteiger partial charge in [0.15, 0.2) is 0 Å². The molecular formula is C10H16N4O. The third-order valence-electron chi connectivity index (χ3n) is 2.87. The number of amides is 1. The monoisotopic (exact) mass is 208 g/mol. The van der Waals surface area contributed by atoms with Crippen molar-refractivity contribution in [2.75, 3.05) is 13.1 Å². The molecule has 0 bridgehead atoms. The topological polar surface area (TPSA) is 69.8 Å². The predicted octanol–water partition coefficient (Wildman–Crippen LogP) is 0.282. The molecule has 0 spiro atoms. The molecule has 0 atom stereocenters. The smallest absolute Gasteiger partial charge is 0.269 e. The third kappa shape index (κ3) is 2.36. The van der Waals surface area contributed by atoms with Crippen molar-refractivity contribution in [3.8, 4) is 0 Å². The Morgan fingerprint density at radius 3 is 2.87 bits per heavy atom. The maximum absolute atomic E-state index is 11.8. The van der Waals surface area contributed by atoms with Crippen LogP contribution in [0.3, 0.4) is 0 Å². The third-order valence-corrected chi connectivity index (χ3v) is 2.87. The second-order valence-corrected chi connectivity index (χ2v) is 4.24. The van der Waals surface area contributed by atoms with Crippen LogP contribution < -0.4 is 10.6 Å². The molecule has 1 fully saturated rings. The van der Waals surface area contributed by atoms with E-state index >= 15 is 0 Å². The van der Waals surface area contributed by atoms with Gasteiger partial charge in [0.1, 0.15) is 5.69 Å². The summed E-state index contributed by atoms with van der Waals surface area (Å²) in [6.45, 7) is 4.00. The van der Waals surface area contributed by atoms with Crippen molar-refractivity contribution < 1.29 is 4.79 Å². The number of aromatic nitrogens is 2. The Bertz CT molecular complexity index is 327. The number of hydrogen-bond acceptors (Lipinski definition) is 3. The number of H-pyrrole nitrogens is 1. The molecule has 15 heavy (non-hydrogen) atoms. The van der Waals surface area contributed by atoms with Crippen LogP contribution in [0.15, 0.2) is 12.3 Å². The van der Waals surface area contributed by atoms with Crippen LogP contribution in [0.25, 0.3) is 0 Å². The molecule has 2 rings (SSSR count). The first-order valence-electron chi connectivity index (χ1n) is 5.22. The predicted molar refractivity (Wildman–Crippen MR) is 56.6 cm³/mol. The minimum atomic E-state index is -0.0898. The van der Waals surface area contributed by atoms with Gasteiger partial charge in [0.05, 0.1) is 0 Å². The lowest BCUT2D eigenvalue weighted by molar-refractivity contribution is 0.0882. The molecule has 5 nitrogen and oxygen atoms in total. The normalized spacial score (nSPS) is 19.8. The van der Waals surface area contributed by atoms with Crippen LogP contribution in [0.4, 0.5) is 0 Å². The first-order chi connectivity index (χ1) is 7.20. The minimum Gasteiger partial charge on any atom is -0.345 e. The molecule has 0 aromatic carbocycles. The van der Waals surface area contributed by atoms with E-state index in [4.69, 9.17) is 0 Å². The number of nitrogens with zero attached hydrogens (tertiary/aromatic N) is 1. The molecule has 1 aliphatic heterocycles. The fraction of sp³-hybridized carbons (Fsp3) is 0.600. The number of hydrogen-bond donors (Lipinski definition) is 3. The van der Waals surface area contributed by atoms with E-state index < -0.39 is 0 Å². The van der Waals surface area contributed by atoms with E-state index in [-0.39, 0.29) is 11.4 Å². The maximum atomic E-state index is 11.8. The molecule has 0 saturated carbocycles. The fourth-order valence-electron chi connectivity index (χ4n) is 1.83. The Hall–Kier alpha value is -1.36. The first kappa shape index (κ1) is 10.2. The molecule has 0 aliphatic carbocycles. The summed E-state index contributed by atoms with van der Waals surface area (Å²) in [7, 11) is 0. The summed E-state index contributed by atoms with van der Waals surface area (Å²) in [5.74, 6) is -0.0723. The Labute approximate surface area is 88.6 Å². The van der Waals surface area contributed by atoms with Crippen LogP contribution in [-0.2, 0) is 0 Å². The molecule has 1 saturated heterocycles. The summed E-state index contributed by atoms with van der Waals surface area (Å²) in [6, 6.07) is 1.68. The molecule has 0 radical (unpaired) electrons. The van der Waals surface area contributed by atoms with Gasteiger partial charge in [-0.15, -0.1) is 0 Å². The largest absolute Gasteiger partial charge is 0.345 e. The second kappa shape index (κ2) is 4.02. The average molecular weight is 208 g/mol. The van der Waals surface area contributed by atoms with Crippen LogP contribution in [0, 0.1) is 0 Å². The SMILES string of the molecule is CC1(NC(=O)c2ccn[nH]2)CCNCC1. The van der Waals surface area contributed by atoms with Crippen LogP contribution in [0.2, 0.25) is 0 Å². The molecule has 1 amide bonds. The zero-order valence-corrected chi connectivity index (χ0v) is 8.84. The van der Waals surface area contributed by atoms with Gasteiger partial charge in [-0.25, -0.2) is 0 Å². The van der Waals surface area contributed by atoms with E-state index in [1.807, 2.05) is 0 Å². The van der Waals surface area contributed by atoms with E-state index in [0.29, 0.717) is 5.69 Å². The van der Waals surface area contributed by atoms with Gasteiger partial charge < -0.3 is 10.6 Å². The molecule has 1 aromatic heterocycles. The van der Waals surface area contributed by atoms with Crippen molar-refractivity contribution in [1.82, 2.24) is 20.8 Å². The summed E-state index contributed by atoms with van der Waals surface area (Å²) in [5.41, 5.74) is 0.433. The van der Waals surface area contributed by atoms with E-state index in [0.717, 1.165) is 25.9 Å². The molecular weight excluding hydrogens is 192 g/mol. The lowest BCUT2D eigenvalue weighted by atomic mass is 9.90. The van der Waals surface area contributed by atoms with E-state index in [9.17, 15) is 4.79 Å². The summed E-state index contributed by atoms with van der Waals surface area (Å²) in [4.78, 5) is 11.8. The van der Waals surface area contributed by atoms with Crippen molar-refractivity contribution in [2.45, 2.75) is 25.3 Å². The maximum Gasteiger partial charge on any atom is 0.269 e. The van der Waals surface area contributed by atoms with Crippen LogP contribution in [0.5, 0.6) is 0 Å². The zero-order valence-electron chi connectivity index (χ0n) is 8.84. The molecule has 1 aliphatic rings. The highest BCUT2D eigenvalue weighted by Crippen LogP contribution is 2.17. The highest BCUT2D eigenvalue weighted by molar-refractivity contribution is 5.92. The van der Waals surface area contributed by atoms with Crippen molar-refractivity contribution in [1.29, 1.82) is 0 Å². The second-order valence-electron chi connectivity index (χ2n) is 4.24. The Morgan fingerprint density at radius 1 is 1.53 bits per heavy atom. The molecule has 1 aromatic rings. The van der Waals surface area contributed by atoms with E-state index in [1.54, 1.807) is 12.3 Å². The van der Waals surface area contributed by atoms with Gasteiger partial charge in [0.2, 0.25) is 0 Å². The van der Waals surface area contributed by atoms with Gasteiger partial charge in [-0.2, -0.15) is 5.10 Å². The van der Waals surface area contributed by atoms with Crippen LogP contribution in [0.1, 0.15) is 30.3 Å². The molecule has 5 heteroatoms. The van der Waals surface area contributed by atoms with Gasteiger partial charge in [-0.3, -0.25) is 9.89 Å². The summed E-state index contributed by atoms with van der Waals surface area (Å²) in [6.07, 6.45) is 3.51. The number of carbonyl (C=O) groups is 1. The molecule has 2 heterocycles. The van der Waals surface area contributed by atoms with Crippen molar-refractivity contribution in [3.63, 3.8) is 0 Å². The van der Waals surface area contributed by atoms with Crippen molar-refractivity contribution in [2.24, 2.45) is 0 Å². The quantitative estimate of drug-likeness (QED) is 0.654. The zero-order chi connectivity index (χ0) is 10.7. The van der Waals surface area contributed by atoms with Gasteiger partial charge in [-0.05, 0) is 38.9 Å². The highest BCUT2D eigenvalue weighted by atomic mass is 16.2. The van der Waals surface area contributed by atoms with Gasteiger partial charge in [0, 0.05) is 11.7 Å². The van der Waals surface area contributed by atoms with Crippen LogP contribution >= 0.6 is 0 Å². The number of carbonyl (C=O) groups excluding carboxylic acids is 1. The lowest BCUT2D eigenvalue weighted by Crippen LogP contribution is -2.52. The Balaban J connectivity index is 1.98. The number of nitrogens with one attached hydrogen (secondary N) is 3. The van der Waals surface area contributed by atoms with E-state index in [2.05, 4.69) is 27.8 Å². The Kier molecular flexibility index (Phi) is 2.73. The van der Waals surface area contributed by atoms with E-state index in [1.165, 1.54) is 0 Å². The summed E-state index contributed by atoms with van der Waals surface area (Å²) >= 11 is 0. The van der Waals surface area contributed by atoms with Crippen LogP contribution in [-0.4, -0.2) is 34.7 Å².